The average Bonchev–Trinajstić information content (AvgIpc) is 2.70. The largest absolute Gasteiger partial charge is 0.396 e. The van der Waals surface area contributed by atoms with Crippen LogP contribution in [0.25, 0.3) is 0 Å². The lowest BCUT2D eigenvalue weighted by atomic mass is 10.2. The summed E-state index contributed by atoms with van der Waals surface area (Å²) in [6.07, 6.45) is 7.19. The van der Waals surface area contributed by atoms with Gasteiger partial charge in [0.1, 0.15) is 0 Å². The third kappa shape index (κ3) is 3.95. The van der Waals surface area contributed by atoms with Crippen LogP contribution < -0.4 is 0 Å². The Hall–Kier alpha value is -0.120. The predicted octanol–water partition coefficient (Wildman–Crippen LogP) is 0.996. The fourth-order valence-corrected chi connectivity index (χ4v) is 2.30. The topological polar surface area (TPSA) is 43.7 Å². The zero-order valence-corrected chi connectivity index (χ0v) is 8.99. The van der Waals surface area contributed by atoms with Crippen molar-refractivity contribution in [1.29, 1.82) is 0 Å². The van der Waals surface area contributed by atoms with Crippen LogP contribution in [0.1, 0.15) is 38.5 Å². The van der Waals surface area contributed by atoms with E-state index in [1.54, 1.807) is 0 Å². The summed E-state index contributed by atoms with van der Waals surface area (Å²) in [7, 11) is 0. The van der Waals surface area contributed by atoms with E-state index in [9.17, 15) is 0 Å². The lowest BCUT2D eigenvalue weighted by Crippen LogP contribution is -2.36. The number of hydrogen-bond acceptors (Lipinski definition) is 3. The fraction of sp³-hybridized carbons (Fsp3) is 1.00. The van der Waals surface area contributed by atoms with Crippen LogP contribution in [0.3, 0.4) is 0 Å². The molecule has 0 amide bonds. The number of aliphatic hydroxyl groups excluding tert-OH is 2. The second-order valence-electron chi connectivity index (χ2n) is 4.13. The first kappa shape index (κ1) is 12.0. The highest BCUT2D eigenvalue weighted by molar-refractivity contribution is 4.77. The number of unbranched alkanes of at least 4 members (excludes halogenated alkanes) is 1. The first-order chi connectivity index (χ1) is 6.88. The van der Waals surface area contributed by atoms with Crippen LogP contribution in [0.5, 0.6) is 0 Å². The zero-order valence-electron chi connectivity index (χ0n) is 8.99. The Morgan fingerprint density at radius 1 is 0.929 bits per heavy atom. The van der Waals surface area contributed by atoms with Crippen LogP contribution in [0.15, 0.2) is 0 Å². The summed E-state index contributed by atoms with van der Waals surface area (Å²) >= 11 is 0. The minimum atomic E-state index is 0.260. The summed E-state index contributed by atoms with van der Waals surface area (Å²) in [4.78, 5) is 2.39. The molecule has 0 bridgehead atoms. The van der Waals surface area contributed by atoms with Gasteiger partial charge < -0.3 is 10.2 Å². The highest BCUT2D eigenvalue weighted by Gasteiger charge is 2.21. The molecule has 0 atom stereocenters. The minimum absolute atomic E-state index is 0.260. The van der Waals surface area contributed by atoms with E-state index < -0.39 is 0 Å². The van der Waals surface area contributed by atoms with Crippen molar-refractivity contribution in [3.8, 4) is 0 Å². The third-order valence-corrected chi connectivity index (χ3v) is 3.08. The van der Waals surface area contributed by atoms with Gasteiger partial charge in [0.05, 0.1) is 6.61 Å². The molecule has 0 unspecified atom stereocenters. The lowest BCUT2D eigenvalue weighted by molar-refractivity contribution is 0.146. The molecule has 84 valence electrons. The molecule has 0 radical (unpaired) electrons. The SMILES string of the molecule is OCCCCN(CCO)C1CCCC1. The molecular weight excluding hydrogens is 178 g/mol. The molecule has 3 heteroatoms. The maximum absolute atomic E-state index is 8.96. The summed E-state index contributed by atoms with van der Waals surface area (Å²) in [6.45, 7) is 2.38. The molecule has 2 N–H and O–H groups in total. The Kier molecular flexibility index (Phi) is 6.15. The van der Waals surface area contributed by atoms with Crippen molar-refractivity contribution in [1.82, 2.24) is 4.90 Å². The van der Waals surface area contributed by atoms with Crippen molar-refractivity contribution >= 4 is 0 Å². The van der Waals surface area contributed by atoms with Gasteiger partial charge in [-0.15, -0.1) is 0 Å². The lowest BCUT2D eigenvalue weighted by Gasteiger charge is -2.27. The van der Waals surface area contributed by atoms with Gasteiger partial charge in [-0.1, -0.05) is 12.8 Å². The zero-order chi connectivity index (χ0) is 10.2. The van der Waals surface area contributed by atoms with Crippen molar-refractivity contribution in [3.05, 3.63) is 0 Å². The van der Waals surface area contributed by atoms with Gasteiger partial charge >= 0.3 is 0 Å². The highest BCUT2D eigenvalue weighted by Crippen LogP contribution is 2.23. The van der Waals surface area contributed by atoms with Gasteiger partial charge in [0, 0.05) is 19.2 Å². The second kappa shape index (κ2) is 7.21. The molecule has 0 saturated heterocycles. The second-order valence-corrected chi connectivity index (χ2v) is 4.13. The van der Waals surface area contributed by atoms with Crippen molar-refractivity contribution < 1.29 is 10.2 Å². The number of nitrogens with zero attached hydrogens (tertiary/aromatic N) is 1. The van der Waals surface area contributed by atoms with Gasteiger partial charge in [-0.2, -0.15) is 0 Å². The van der Waals surface area contributed by atoms with Crippen LogP contribution in [0, 0.1) is 0 Å². The van der Waals surface area contributed by atoms with Gasteiger partial charge in [-0.25, -0.2) is 0 Å². The summed E-state index contributed by atoms with van der Waals surface area (Å²) in [5.41, 5.74) is 0. The van der Waals surface area contributed by atoms with Gasteiger partial charge in [-0.05, 0) is 32.2 Å². The first-order valence-electron chi connectivity index (χ1n) is 5.84. The molecule has 0 aromatic rings. The summed E-state index contributed by atoms with van der Waals surface area (Å²) in [6, 6.07) is 0.695. The van der Waals surface area contributed by atoms with Crippen molar-refractivity contribution in [3.63, 3.8) is 0 Å². The molecule has 3 nitrogen and oxygen atoms in total. The van der Waals surface area contributed by atoms with Crippen molar-refractivity contribution in [2.45, 2.75) is 44.6 Å². The first-order valence-corrected chi connectivity index (χ1v) is 5.84. The van der Waals surface area contributed by atoms with Gasteiger partial charge in [0.15, 0.2) is 0 Å². The van der Waals surface area contributed by atoms with Crippen LogP contribution >= 0.6 is 0 Å². The smallest absolute Gasteiger partial charge is 0.0558 e. The normalized spacial score (nSPS) is 18.2. The maximum Gasteiger partial charge on any atom is 0.0558 e. The highest BCUT2D eigenvalue weighted by atomic mass is 16.3. The maximum atomic E-state index is 8.96. The van der Waals surface area contributed by atoms with E-state index in [0.717, 1.165) is 25.9 Å². The molecule has 0 aliphatic heterocycles. The summed E-state index contributed by atoms with van der Waals surface area (Å²) < 4.78 is 0. The van der Waals surface area contributed by atoms with E-state index in [0.29, 0.717) is 6.04 Å². The van der Waals surface area contributed by atoms with Crippen LogP contribution in [-0.4, -0.2) is 47.5 Å². The van der Waals surface area contributed by atoms with Gasteiger partial charge in [0.2, 0.25) is 0 Å². The molecule has 1 aliphatic rings. The molecular formula is C11H23NO2. The van der Waals surface area contributed by atoms with E-state index in [-0.39, 0.29) is 13.2 Å². The minimum Gasteiger partial charge on any atom is -0.396 e. The van der Waals surface area contributed by atoms with E-state index >= 15 is 0 Å². The van der Waals surface area contributed by atoms with E-state index in [1.165, 1.54) is 25.7 Å². The quantitative estimate of drug-likeness (QED) is 0.604. The van der Waals surface area contributed by atoms with Crippen LogP contribution in [0.4, 0.5) is 0 Å². The molecule has 0 aromatic heterocycles. The molecule has 0 aromatic carbocycles. The third-order valence-electron chi connectivity index (χ3n) is 3.08. The van der Waals surface area contributed by atoms with Crippen molar-refractivity contribution in [2.24, 2.45) is 0 Å². The number of aliphatic hydroxyl groups is 2. The van der Waals surface area contributed by atoms with Crippen LogP contribution in [-0.2, 0) is 0 Å². The number of hydrogen-bond donors (Lipinski definition) is 2. The molecule has 0 spiro atoms. The molecule has 1 fully saturated rings. The predicted molar refractivity (Wildman–Crippen MR) is 57.2 cm³/mol. The number of rotatable bonds is 7. The standard InChI is InChI=1S/C11H23NO2/c13-9-4-3-7-12(8-10-14)11-5-1-2-6-11/h11,13-14H,1-10H2. The molecule has 1 rings (SSSR count). The summed E-state index contributed by atoms with van der Waals surface area (Å²) in [5.74, 6) is 0. The Morgan fingerprint density at radius 3 is 2.21 bits per heavy atom. The Bertz CT molecular complexity index is 135. The Labute approximate surface area is 86.7 Å². The Balaban J connectivity index is 2.22. The summed E-state index contributed by atoms with van der Waals surface area (Å²) in [5, 5.41) is 17.7. The molecule has 14 heavy (non-hydrogen) atoms. The van der Waals surface area contributed by atoms with E-state index in [1.807, 2.05) is 0 Å². The van der Waals surface area contributed by atoms with E-state index in [2.05, 4.69) is 4.90 Å². The molecule has 0 heterocycles. The fourth-order valence-electron chi connectivity index (χ4n) is 2.30. The van der Waals surface area contributed by atoms with Crippen LogP contribution in [0.2, 0.25) is 0 Å². The average molecular weight is 201 g/mol. The molecule has 1 aliphatic carbocycles. The van der Waals surface area contributed by atoms with Gasteiger partial charge in [0.25, 0.3) is 0 Å². The molecule has 1 saturated carbocycles. The Morgan fingerprint density at radius 2 is 1.64 bits per heavy atom. The van der Waals surface area contributed by atoms with Gasteiger partial charge in [-0.3, -0.25) is 4.90 Å². The monoisotopic (exact) mass is 201 g/mol. The van der Waals surface area contributed by atoms with Crippen molar-refractivity contribution in [2.75, 3.05) is 26.3 Å². The van der Waals surface area contributed by atoms with E-state index in [4.69, 9.17) is 10.2 Å².